The highest BCUT2D eigenvalue weighted by Gasteiger charge is 2.12. The van der Waals surface area contributed by atoms with E-state index in [-0.39, 0.29) is 5.56 Å². The highest BCUT2D eigenvalue weighted by atomic mass is 19.1. The summed E-state index contributed by atoms with van der Waals surface area (Å²) in [5.41, 5.74) is 2.66. The number of halogens is 1. The fourth-order valence-electron chi connectivity index (χ4n) is 1.15. The van der Waals surface area contributed by atoms with E-state index in [1.54, 1.807) is 19.1 Å². The van der Waals surface area contributed by atoms with Gasteiger partial charge in [0.05, 0.1) is 12.2 Å². The Morgan fingerprint density at radius 1 is 1.50 bits per heavy atom. The number of benzene rings is 1. The Balaban J connectivity index is 2.63. The van der Waals surface area contributed by atoms with Crippen LogP contribution >= 0.6 is 0 Å². The van der Waals surface area contributed by atoms with E-state index in [1.165, 1.54) is 6.07 Å². The van der Waals surface area contributed by atoms with Crippen LogP contribution in [0.2, 0.25) is 0 Å². The van der Waals surface area contributed by atoms with Crippen LogP contribution in [0, 0.1) is 18.7 Å². The van der Waals surface area contributed by atoms with Gasteiger partial charge >= 0.3 is 0 Å². The third kappa shape index (κ3) is 3.31. The fourth-order valence-corrected chi connectivity index (χ4v) is 1.15. The molecule has 88 valence electrons. The first-order chi connectivity index (χ1) is 7.52. The maximum atomic E-state index is 13.5. The van der Waals surface area contributed by atoms with Gasteiger partial charge in [0.2, 0.25) is 0 Å². The fraction of sp³-hybridized carbons (Fsp3) is 0.417. The highest BCUT2D eigenvalue weighted by molar-refractivity contribution is 5.93. The van der Waals surface area contributed by atoms with Gasteiger partial charge in [-0.1, -0.05) is 26.0 Å². The van der Waals surface area contributed by atoms with Gasteiger partial charge in [-0.05, 0) is 24.5 Å². The summed E-state index contributed by atoms with van der Waals surface area (Å²) in [5, 5.41) is 0. The molecular formula is C12H16FNO2. The third-order valence-corrected chi connectivity index (χ3v) is 2.02. The third-order valence-electron chi connectivity index (χ3n) is 2.02. The Kier molecular flexibility index (Phi) is 4.43. The maximum absolute atomic E-state index is 13.5. The lowest BCUT2D eigenvalue weighted by Crippen LogP contribution is -2.26. The number of nitrogens with one attached hydrogen (secondary N) is 1. The number of hydrogen-bond donors (Lipinski definition) is 1. The predicted octanol–water partition coefficient (Wildman–Crippen LogP) is 2.45. The molecule has 0 aromatic heterocycles. The van der Waals surface area contributed by atoms with E-state index < -0.39 is 11.7 Å². The Morgan fingerprint density at radius 3 is 2.81 bits per heavy atom. The predicted molar refractivity (Wildman–Crippen MR) is 59.4 cm³/mol. The molecule has 0 heterocycles. The first kappa shape index (κ1) is 12.6. The highest BCUT2D eigenvalue weighted by Crippen LogP contribution is 2.11. The standard InChI is InChI=1S/C12H16FNO2/c1-8(2)7-16-14-12(15)10-6-4-5-9(3)11(10)13/h4-6,8H,7H2,1-3H3,(H,14,15). The largest absolute Gasteiger partial charge is 0.277 e. The molecular weight excluding hydrogens is 209 g/mol. The molecule has 1 aromatic rings. The van der Waals surface area contributed by atoms with Crippen molar-refractivity contribution in [3.05, 3.63) is 35.1 Å². The van der Waals surface area contributed by atoms with E-state index >= 15 is 0 Å². The minimum absolute atomic E-state index is 0.00348. The zero-order chi connectivity index (χ0) is 12.1. The van der Waals surface area contributed by atoms with Crippen LogP contribution < -0.4 is 5.48 Å². The Morgan fingerprint density at radius 2 is 2.19 bits per heavy atom. The zero-order valence-electron chi connectivity index (χ0n) is 9.71. The zero-order valence-corrected chi connectivity index (χ0v) is 9.71. The number of carbonyl (C=O) groups is 1. The van der Waals surface area contributed by atoms with Crippen LogP contribution in [0.5, 0.6) is 0 Å². The van der Waals surface area contributed by atoms with Crippen molar-refractivity contribution in [3.63, 3.8) is 0 Å². The molecule has 3 nitrogen and oxygen atoms in total. The maximum Gasteiger partial charge on any atom is 0.277 e. The quantitative estimate of drug-likeness (QED) is 0.799. The van der Waals surface area contributed by atoms with E-state index in [0.717, 1.165) is 0 Å². The van der Waals surface area contributed by atoms with Crippen molar-refractivity contribution in [2.45, 2.75) is 20.8 Å². The normalized spacial score (nSPS) is 10.6. The molecule has 4 heteroatoms. The average molecular weight is 225 g/mol. The SMILES string of the molecule is Cc1cccc(C(=O)NOCC(C)C)c1F. The van der Waals surface area contributed by atoms with Crippen molar-refractivity contribution >= 4 is 5.91 Å². The molecule has 0 bridgehead atoms. The molecule has 1 rings (SSSR count). The molecule has 16 heavy (non-hydrogen) atoms. The molecule has 1 aromatic carbocycles. The average Bonchev–Trinajstić information content (AvgIpc) is 2.21. The van der Waals surface area contributed by atoms with Gasteiger partial charge in [-0.15, -0.1) is 0 Å². The number of carbonyl (C=O) groups excluding carboxylic acids is 1. The molecule has 0 saturated heterocycles. The van der Waals surface area contributed by atoms with Crippen LogP contribution in [0.4, 0.5) is 4.39 Å². The molecule has 0 aliphatic rings. The molecule has 0 unspecified atom stereocenters. The summed E-state index contributed by atoms with van der Waals surface area (Å²) in [7, 11) is 0. The van der Waals surface area contributed by atoms with E-state index in [0.29, 0.717) is 18.1 Å². The summed E-state index contributed by atoms with van der Waals surface area (Å²) in [5.74, 6) is -0.752. The number of amides is 1. The van der Waals surface area contributed by atoms with Crippen molar-refractivity contribution in [3.8, 4) is 0 Å². The summed E-state index contributed by atoms with van der Waals surface area (Å²) < 4.78 is 13.5. The number of hydroxylamine groups is 1. The second kappa shape index (κ2) is 5.61. The second-order valence-electron chi connectivity index (χ2n) is 4.07. The van der Waals surface area contributed by atoms with Gasteiger partial charge in [0.1, 0.15) is 5.82 Å². The molecule has 1 N–H and O–H groups in total. The molecule has 0 aliphatic carbocycles. The molecule has 0 atom stereocenters. The summed E-state index contributed by atoms with van der Waals surface area (Å²) in [6.07, 6.45) is 0. The van der Waals surface area contributed by atoms with Gasteiger partial charge in [-0.3, -0.25) is 9.63 Å². The van der Waals surface area contributed by atoms with Crippen molar-refractivity contribution < 1.29 is 14.0 Å². The van der Waals surface area contributed by atoms with Crippen molar-refractivity contribution in [2.24, 2.45) is 5.92 Å². The Bertz CT molecular complexity index is 377. The van der Waals surface area contributed by atoms with E-state index in [4.69, 9.17) is 4.84 Å². The number of aryl methyl sites for hydroxylation is 1. The molecule has 0 radical (unpaired) electrons. The van der Waals surface area contributed by atoms with Crippen LogP contribution in [0.1, 0.15) is 29.8 Å². The molecule has 0 aliphatic heterocycles. The summed E-state index contributed by atoms with van der Waals surface area (Å²) >= 11 is 0. The molecule has 0 spiro atoms. The lowest BCUT2D eigenvalue weighted by Gasteiger charge is -2.09. The monoisotopic (exact) mass is 225 g/mol. The minimum atomic E-state index is -0.554. The van der Waals surface area contributed by atoms with Gasteiger partial charge in [-0.2, -0.15) is 0 Å². The smallest absolute Gasteiger partial charge is 0.273 e. The second-order valence-corrected chi connectivity index (χ2v) is 4.07. The molecule has 0 fully saturated rings. The minimum Gasteiger partial charge on any atom is -0.273 e. The van der Waals surface area contributed by atoms with Gasteiger partial charge < -0.3 is 0 Å². The van der Waals surface area contributed by atoms with Gasteiger partial charge in [-0.25, -0.2) is 9.87 Å². The van der Waals surface area contributed by atoms with E-state index in [1.807, 2.05) is 13.8 Å². The molecule has 1 amide bonds. The van der Waals surface area contributed by atoms with Crippen LogP contribution in [0.15, 0.2) is 18.2 Å². The Labute approximate surface area is 94.6 Å². The first-order valence-electron chi connectivity index (χ1n) is 5.19. The number of hydrogen-bond acceptors (Lipinski definition) is 2. The van der Waals surface area contributed by atoms with Crippen LogP contribution in [-0.4, -0.2) is 12.5 Å². The van der Waals surface area contributed by atoms with Gasteiger partial charge in [0.15, 0.2) is 0 Å². The summed E-state index contributed by atoms with van der Waals surface area (Å²) in [6.45, 7) is 5.93. The van der Waals surface area contributed by atoms with Crippen molar-refractivity contribution in [1.82, 2.24) is 5.48 Å². The first-order valence-corrected chi connectivity index (χ1v) is 5.19. The van der Waals surface area contributed by atoms with Crippen molar-refractivity contribution in [2.75, 3.05) is 6.61 Å². The Hall–Kier alpha value is -1.42. The van der Waals surface area contributed by atoms with Crippen LogP contribution in [-0.2, 0) is 4.84 Å². The summed E-state index contributed by atoms with van der Waals surface area (Å²) in [4.78, 5) is 16.5. The van der Waals surface area contributed by atoms with Gasteiger partial charge in [0.25, 0.3) is 5.91 Å². The topological polar surface area (TPSA) is 38.3 Å². The number of rotatable bonds is 4. The van der Waals surface area contributed by atoms with Crippen molar-refractivity contribution in [1.29, 1.82) is 0 Å². The van der Waals surface area contributed by atoms with E-state index in [2.05, 4.69) is 5.48 Å². The van der Waals surface area contributed by atoms with E-state index in [9.17, 15) is 9.18 Å². The van der Waals surface area contributed by atoms with Gasteiger partial charge in [0, 0.05) is 0 Å². The van der Waals surface area contributed by atoms with Crippen LogP contribution in [0.3, 0.4) is 0 Å². The summed E-state index contributed by atoms with van der Waals surface area (Å²) in [6, 6.07) is 4.67. The van der Waals surface area contributed by atoms with Crippen LogP contribution in [0.25, 0.3) is 0 Å². The lowest BCUT2D eigenvalue weighted by molar-refractivity contribution is 0.0205. The lowest BCUT2D eigenvalue weighted by atomic mass is 10.1. The molecule has 0 saturated carbocycles.